The van der Waals surface area contributed by atoms with Crippen LogP contribution in [0.25, 0.3) is 10.8 Å². The molecule has 0 spiro atoms. The molecule has 0 amide bonds. The Bertz CT molecular complexity index is 1200. The van der Waals surface area contributed by atoms with Gasteiger partial charge in [0.15, 0.2) is 0 Å². The molecule has 0 unspecified atom stereocenters. The molecule has 8 nitrogen and oxygen atoms in total. The topological polar surface area (TPSA) is 141 Å². The number of fused-ring (bicyclic) bond motifs is 1. The standard InChI is InChI=1S/C16H12NO7S2/c18-15-8-11-7-13(2-1-10(11)9-16(15)26(22,23)24)17-12-3-5-14(6-4-12)25(19,20)21/h1-7,9,17-18H,(H,19,20,21)(H,22,23,24). The minimum atomic E-state index is -4.57. The van der Waals surface area contributed by atoms with Gasteiger partial charge in [0.05, 0.1) is 4.90 Å². The summed E-state index contributed by atoms with van der Waals surface area (Å²) in [6.45, 7) is 0. The van der Waals surface area contributed by atoms with Crippen LogP contribution >= 0.6 is 0 Å². The van der Waals surface area contributed by atoms with E-state index in [1.54, 1.807) is 18.2 Å². The summed E-state index contributed by atoms with van der Waals surface area (Å²) >= 11 is 0. The zero-order valence-electron chi connectivity index (χ0n) is 12.9. The van der Waals surface area contributed by atoms with Crippen molar-refractivity contribution in [2.75, 3.05) is 5.32 Å². The van der Waals surface area contributed by atoms with Crippen molar-refractivity contribution in [3.8, 4) is 5.75 Å². The summed E-state index contributed by atoms with van der Waals surface area (Å²) in [6, 6.07) is 13.8. The number of hydrogen-bond donors (Lipinski definition) is 4. The molecule has 0 heterocycles. The van der Waals surface area contributed by atoms with E-state index in [1.807, 2.05) is 0 Å². The van der Waals surface area contributed by atoms with Crippen LogP contribution in [0.15, 0.2) is 58.3 Å². The largest absolute Gasteiger partial charge is 0.506 e. The zero-order valence-corrected chi connectivity index (χ0v) is 14.5. The molecule has 3 aromatic rings. The molecule has 3 aromatic carbocycles. The Hall–Kier alpha value is -2.66. The van der Waals surface area contributed by atoms with E-state index in [9.17, 15) is 21.9 Å². The van der Waals surface area contributed by atoms with E-state index in [1.165, 1.54) is 24.3 Å². The van der Waals surface area contributed by atoms with Crippen molar-refractivity contribution in [2.45, 2.75) is 9.79 Å². The Morgan fingerprint density at radius 1 is 0.808 bits per heavy atom. The number of phenols is 1. The van der Waals surface area contributed by atoms with E-state index in [0.717, 1.165) is 6.07 Å². The first-order valence-electron chi connectivity index (χ1n) is 7.05. The van der Waals surface area contributed by atoms with E-state index < -0.39 is 30.9 Å². The molecule has 26 heavy (non-hydrogen) atoms. The number of anilines is 2. The van der Waals surface area contributed by atoms with Gasteiger partial charge in [-0.3, -0.25) is 9.11 Å². The summed E-state index contributed by atoms with van der Waals surface area (Å²) in [5.41, 5.74) is 1.10. The Labute approximate surface area is 149 Å². The summed E-state index contributed by atoms with van der Waals surface area (Å²) < 4.78 is 62.5. The highest BCUT2D eigenvalue weighted by molar-refractivity contribution is 7.86. The first-order valence-corrected chi connectivity index (χ1v) is 9.93. The fourth-order valence-electron chi connectivity index (χ4n) is 2.34. The Balaban J connectivity index is 1.94. The Morgan fingerprint density at radius 3 is 2.00 bits per heavy atom. The van der Waals surface area contributed by atoms with Gasteiger partial charge in [-0.15, -0.1) is 0 Å². The Kier molecular flexibility index (Phi) is 4.36. The van der Waals surface area contributed by atoms with Gasteiger partial charge in [-0.25, -0.2) is 0 Å². The van der Waals surface area contributed by atoms with E-state index in [-0.39, 0.29) is 4.90 Å². The van der Waals surface area contributed by atoms with Crippen molar-refractivity contribution in [3.63, 3.8) is 0 Å². The molecule has 3 rings (SSSR count). The second-order valence-corrected chi connectivity index (χ2v) is 8.20. The van der Waals surface area contributed by atoms with Gasteiger partial charge in [0.2, 0.25) is 0 Å². The molecule has 135 valence electrons. The third kappa shape index (κ3) is 3.78. The molecule has 0 saturated carbocycles. The van der Waals surface area contributed by atoms with E-state index in [2.05, 4.69) is 11.4 Å². The van der Waals surface area contributed by atoms with Crippen molar-refractivity contribution in [2.24, 2.45) is 0 Å². The number of benzene rings is 3. The van der Waals surface area contributed by atoms with Crippen molar-refractivity contribution in [1.29, 1.82) is 0 Å². The van der Waals surface area contributed by atoms with Crippen LogP contribution in [0.3, 0.4) is 0 Å². The summed E-state index contributed by atoms with van der Waals surface area (Å²) in [6.07, 6.45) is 0. The molecule has 0 fully saturated rings. The van der Waals surface area contributed by atoms with Gasteiger partial charge in [0.1, 0.15) is 10.6 Å². The SMILES string of the molecule is O=S(=O)(O)c1ccc(Nc2ccc3cc(S(=O)(=O)O)c(O)[c]c3c2)cc1. The molecule has 0 aliphatic carbocycles. The maximum absolute atomic E-state index is 11.2. The van der Waals surface area contributed by atoms with E-state index >= 15 is 0 Å². The predicted octanol–water partition coefficient (Wildman–Crippen LogP) is 2.58. The minimum absolute atomic E-state index is 0.238. The lowest BCUT2D eigenvalue weighted by molar-refractivity contribution is 0.443. The average molecular weight is 394 g/mol. The molecule has 10 heteroatoms. The minimum Gasteiger partial charge on any atom is -0.506 e. The molecule has 4 N–H and O–H groups in total. The maximum Gasteiger partial charge on any atom is 0.298 e. The predicted molar refractivity (Wildman–Crippen MR) is 93.8 cm³/mol. The van der Waals surface area contributed by atoms with Gasteiger partial charge in [-0.2, -0.15) is 16.8 Å². The molecule has 0 saturated heterocycles. The molecule has 0 aliphatic rings. The van der Waals surface area contributed by atoms with Crippen LogP contribution in [0.4, 0.5) is 11.4 Å². The molecule has 0 bridgehead atoms. The number of aromatic hydroxyl groups is 1. The second-order valence-electron chi connectivity index (χ2n) is 5.38. The third-order valence-electron chi connectivity index (χ3n) is 3.55. The van der Waals surface area contributed by atoms with Crippen LogP contribution in [0, 0.1) is 6.07 Å². The summed E-state index contributed by atoms with van der Waals surface area (Å²) in [5.74, 6) is -0.699. The molecule has 0 aromatic heterocycles. The monoisotopic (exact) mass is 394 g/mol. The van der Waals surface area contributed by atoms with E-state index in [4.69, 9.17) is 9.11 Å². The highest BCUT2D eigenvalue weighted by atomic mass is 32.2. The summed E-state index contributed by atoms with van der Waals surface area (Å²) in [4.78, 5) is -0.871. The average Bonchev–Trinajstić information content (AvgIpc) is 2.52. The fraction of sp³-hybridized carbons (Fsp3) is 0. The first-order chi connectivity index (χ1) is 12.0. The normalized spacial score (nSPS) is 12.2. The third-order valence-corrected chi connectivity index (χ3v) is 5.28. The lowest BCUT2D eigenvalue weighted by atomic mass is 10.1. The zero-order chi connectivity index (χ0) is 19.1. The molecular weight excluding hydrogens is 382 g/mol. The van der Waals surface area contributed by atoms with Gasteiger partial charge < -0.3 is 10.4 Å². The molecule has 0 atom stereocenters. The smallest absolute Gasteiger partial charge is 0.298 e. The lowest BCUT2D eigenvalue weighted by Crippen LogP contribution is -1.99. The number of hydrogen-bond acceptors (Lipinski definition) is 6. The van der Waals surface area contributed by atoms with E-state index in [0.29, 0.717) is 22.1 Å². The van der Waals surface area contributed by atoms with Crippen LogP contribution in [-0.2, 0) is 20.2 Å². The van der Waals surface area contributed by atoms with Gasteiger partial charge in [-0.05, 0) is 53.2 Å². The lowest BCUT2D eigenvalue weighted by Gasteiger charge is -2.09. The first kappa shape index (κ1) is 18.1. The van der Waals surface area contributed by atoms with Gasteiger partial charge in [0.25, 0.3) is 20.2 Å². The second kappa shape index (κ2) is 6.25. The van der Waals surface area contributed by atoms with Crippen LogP contribution in [0.1, 0.15) is 0 Å². The number of nitrogens with one attached hydrogen (secondary N) is 1. The summed E-state index contributed by atoms with van der Waals surface area (Å²) in [7, 11) is -8.84. The number of phenolic OH excluding ortho intramolecular Hbond substituents is 1. The highest BCUT2D eigenvalue weighted by Crippen LogP contribution is 2.30. The molecule has 1 radical (unpaired) electrons. The van der Waals surface area contributed by atoms with Crippen LogP contribution in [-0.4, -0.2) is 31.0 Å². The van der Waals surface area contributed by atoms with Gasteiger partial charge in [0, 0.05) is 17.4 Å². The highest BCUT2D eigenvalue weighted by Gasteiger charge is 2.16. The number of rotatable bonds is 4. The van der Waals surface area contributed by atoms with Crippen LogP contribution < -0.4 is 5.32 Å². The van der Waals surface area contributed by atoms with Crippen molar-refractivity contribution < 1.29 is 31.0 Å². The molecular formula is C16H12NO7S2. The molecule has 0 aliphatic heterocycles. The quantitative estimate of drug-likeness (QED) is 0.495. The van der Waals surface area contributed by atoms with Crippen LogP contribution in [0.2, 0.25) is 0 Å². The van der Waals surface area contributed by atoms with Crippen molar-refractivity contribution in [1.82, 2.24) is 0 Å². The maximum atomic E-state index is 11.2. The Morgan fingerprint density at radius 2 is 1.42 bits per heavy atom. The van der Waals surface area contributed by atoms with Gasteiger partial charge >= 0.3 is 0 Å². The van der Waals surface area contributed by atoms with Crippen molar-refractivity contribution in [3.05, 3.63) is 54.6 Å². The summed E-state index contributed by atoms with van der Waals surface area (Å²) in [5, 5.41) is 13.6. The van der Waals surface area contributed by atoms with Crippen molar-refractivity contribution >= 4 is 42.4 Å². The van der Waals surface area contributed by atoms with Gasteiger partial charge in [-0.1, -0.05) is 6.07 Å². The van der Waals surface area contributed by atoms with Crippen LogP contribution in [0.5, 0.6) is 5.75 Å². The fourth-order valence-corrected chi connectivity index (χ4v) is 3.39.